The molecule has 1 fully saturated rings. The number of piperidine rings is 1. The van der Waals surface area contributed by atoms with Crippen molar-refractivity contribution in [1.82, 2.24) is 29.2 Å². The van der Waals surface area contributed by atoms with Gasteiger partial charge in [0.15, 0.2) is 0 Å². The van der Waals surface area contributed by atoms with Gasteiger partial charge in [0.25, 0.3) is 5.91 Å². The van der Waals surface area contributed by atoms with E-state index in [2.05, 4.69) is 15.1 Å². The highest BCUT2D eigenvalue weighted by molar-refractivity contribution is 5.94. The number of hydrogen-bond acceptors (Lipinski definition) is 4. The predicted octanol–water partition coefficient (Wildman–Crippen LogP) is 2.02. The van der Waals surface area contributed by atoms with Gasteiger partial charge in [0.05, 0.1) is 5.56 Å². The molecule has 1 amide bonds. The van der Waals surface area contributed by atoms with Crippen LogP contribution in [0.1, 0.15) is 34.8 Å². The Morgan fingerprint density at radius 1 is 1.24 bits per heavy atom. The van der Waals surface area contributed by atoms with E-state index in [1.807, 2.05) is 51.8 Å². The summed E-state index contributed by atoms with van der Waals surface area (Å²) in [4.78, 5) is 23.2. The van der Waals surface area contributed by atoms with Crippen LogP contribution >= 0.6 is 0 Å². The molecule has 1 aliphatic rings. The Hall–Kier alpha value is -2.96. The lowest BCUT2D eigenvalue weighted by Crippen LogP contribution is -2.39. The van der Waals surface area contributed by atoms with E-state index < -0.39 is 0 Å². The number of rotatable bonds is 3. The molecule has 25 heavy (non-hydrogen) atoms. The first kappa shape index (κ1) is 15.6. The highest BCUT2D eigenvalue weighted by Gasteiger charge is 2.27. The van der Waals surface area contributed by atoms with Crippen LogP contribution in [-0.2, 0) is 7.05 Å². The summed E-state index contributed by atoms with van der Waals surface area (Å²) in [6.45, 7) is 1.51. The maximum Gasteiger partial charge on any atom is 0.255 e. The lowest BCUT2D eigenvalue weighted by atomic mass is 9.94. The third-order valence-electron chi connectivity index (χ3n) is 4.75. The number of amides is 1. The van der Waals surface area contributed by atoms with Gasteiger partial charge in [0.2, 0.25) is 0 Å². The topological polar surface area (TPSA) is 68.8 Å². The molecule has 1 atom stereocenters. The van der Waals surface area contributed by atoms with Crippen molar-refractivity contribution in [2.24, 2.45) is 7.05 Å². The van der Waals surface area contributed by atoms with Gasteiger partial charge >= 0.3 is 0 Å². The van der Waals surface area contributed by atoms with Crippen molar-refractivity contribution in [1.29, 1.82) is 0 Å². The lowest BCUT2D eigenvalue weighted by Gasteiger charge is -2.32. The highest BCUT2D eigenvalue weighted by atomic mass is 16.2. The number of likely N-dealkylation sites (tertiary alicyclic amines) is 1. The second-order valence-electron chi connectivity index (χ2n) is 6.35. The summed E-state index contributed by atoms with van der Waals surface area (Å²) in [5.41, 5.74) is 1.81. The molecule has 0 aromatic carbocycles. The van der Waals surface area contributed by atoms with Crippen molar-refractivity contribution in [3.63, 3.8) is 0 Å². The normalized spacial score (nSPS) is 17.6. The van der Waals surface area contributed by atoms with Crippen molar-refractivity contribution >= 4 is 5.91 Å². The maximum atomic E-state index is 12.8. The molecule has 0 N–H and O–H groups in total. The molecule has 0 saturated carbocycles. The van der Waals surface area contributed by atoms with Crippen LogP contribution in [-0.4, -0.2) is 48.2 Å². The van der Waals surface area contributed by atoms with Crippen LogP contribution in [0.2, 0.25) is 0 Å². The zero-order chi connectivity index (χ0) is 17.2. The van der Waals surface area contributed by atoms with Crippen LogP contribution in [0, 0.1) is 0 Å². The molecule has 4 rings (SSSR count). The van der Waals surface area contributed by atoms with E-state index >= 15 is 0 Å². The fourth-order valence-electron chi connectivity index (χ4n) is 3.43. The third kappa shape index (κ3) is 3.05. The fourth-order valence-corrected chi connectivity index (χ4v) is 3.43. The van der Waals surface area contributed by atoms with E-state index in [9.17, 15) is 4.79 Å². The van der Waals surface area contributed by atoms with Gasteiger partial charge in [0, 0.05) is 56.5 Å². The summed E-state index contributed by atoms with van der Waals surface area (Å²) in [7, 11) is 1.95. The molecule has 128 valence electrons. The molecular formula is C18H20N6O. The Bertz CT molecular complexity index is 852. The number of carbonyl (C=O) groups excluding carboxylic acids is 1. The molecule has 3 aromatic heterocycles. The van der Waals surface area contributed by atoms with Crippen LogP contribution in [0.5, 0.6) is 0 Å². The standard InChI is InChI=1S/C18H20N6O/c1-22-16(6-7-21-22)15-3-2-9-23(12-15)18(25)14-4-5-17(20-11-14)24-10-8-19-13-24/h4-8,10-11,13,15H,2-3,9,12H2,1H3. The van der Waals surface area contributed by atoms with Crippen molar-refractivity contribution in [2.45, 2.75) is 18.8 Å². The van der Waals surface area contributed by atoms with Gasteiger partial charge < -0.3 is 4.90 Å². The Morgan fingerprint density at radius 2 is 2.16 bits per heavy atom. The van der Waals surface area contributed by atoms with Crippen molar-refractivity contribution in [3.8, 4) is 5.82 Å². The second kappa shape index (κ2) is 6.51. The Kier molecular flexibility index (Phi) is 4.05. The summed E-state index contributed by atoms with van der Waals surface area (Å²) >= 11 is 0. The Labute approximate surface area is 145 Å². The number of pyridine rings is 1. The molecule has 4 heterocycles. The first-order chi connectivity index (χ1) is 12.2. The van der Waals surface area contributed by atoms with Gasteiger partial charge in [-0.15, -0.1) is 0 Å². The van der Waals surface area contributed by atoms with Gasteiger partial charge in [-0.2, -0.15) is 5.10 Å². The maximum absolute atomic E-state index is 12.8. The molecule has 1 aliphatic heterocycles. The van der Waals surface area contributed by atoms with E-state index in [-0.39, 0.29) is 5.91 Å². The quantitative estimate of drug-likeness (QED) is 0.734. The molecular weight excluding hydrogens is 316 g/mol. The van der Waals surface area contributed by atoms with Gasteiger partial charge in [-0.05, 0) is 31.0 Å². The lowest BCUT2D eigenvalue weighted by molar-refractivity contribution is 0.0704. The monoisotopic (exact) mass is 336 g/mol. The molecule has 1 unspecified atom stereocenters. The summed E-state index contributed by atoms with van der Waals surface area (Å²) in [5.74, 6) is 1.13. The summed E-state index contributed by atoms with van der Waals surface area (Å²) in [6.07, 6.45) is 10.8. The molecule has 0 spiro atoms. The van der Waals surface area contributed by atoms with Crippen LogP contribution in [0.3, 0.4) is 0 Å². The van der Waals surface area contributed by atoms with Crippen molar-refractivity contribution < 1.29 is 4.79 Å². The molecule has 3 aromatic rings. The number of nitrogens with zero attached hydrogens (tertiary/aromatic N) is 6. The molecule has 0 bridgehead atoms. The van der Waals surface area contributed by atoms with Gasteiger partial charge in [-0.1, -0.05) is 0 Å². The summed E-state index contributed by atoms with van der Waals surface area (Å²) < 4.78 is 3.72. The highest BCUT2D eigenvalue weighted by Crippen LogP contribution is 2.27. The van der Waals surface area contributed by atoms with Crippen LogP contribution in [0.25, 0.3) is 5.82 Å². The molecule has 7 heteroatoms. The first-order valence-corrected chi connectivity index (χ1v) is 8.44. The molecule has 1 saturated heterocycles. The number of hydrogen-bond donors (Lipinski definition) is 0. The van der Waals surface area contributed by atoms with Crippen LogP contribution in [0.15, 0.2) is 49.3 Å². The summed E-state index contributed by atoms with van der Waals surface area (Å²) in [5, 5.41) is 4.25. The smallest absolute Gasteiger partial charge is 0.255 e. The van der Waals surface area contributed by atoms with E-state index in [1.54, 1.807) is 18.7 Å². The van der Waals surface area contributed by atoms with E-state index in [1.165, 1.54) is 5.69 Å². The Morgan fingerprint density at radius 3 is 2.84 bits per heavy atom. The molecule has 7 nitrogen and oxygen atoms in total. The fraction of sp³-hybridized carbons (Fsp3) is 0.333. The zero-order valence-corrected chi connectivity index (χ0v) is 14.1. The third-order valence-corrected chi connectivity index (χ3v) is 4.75. The van der Waals surface area contributed by atoms with E-state index in [4.69, 9.17) is 0 Å². The number of aryl methyl sites for hydroxylation is 1. The zero-order valence-electron chi connectivity index (χ0n) is 14.1. The minimum absolute atomic E-state index is 0.0385. The van der Waals surface area contributed by atoms with Gasteiger partial charge in [-0.3, -0.25) is 14.0 Å². The first-order valence-electron chi connectivity index (χ1n) is 8.44. The van der Waals surface area contributed by atoms with Gasteiger partial charge in [-0.25, -0.2) is 9.97 Å². The average molecular weight is 336 g/mol. The van der Waals surface area contributed by atoms with Crippen molar-refractivity contribution in [2.75, 3.05) is 13.1 Å². The Balaban J connectivity index is 1.49. The molecule has 0 radical (unpaired) electrons. The largest absolute Gasteiger partial charge is 0.338 e. The summed E-state index contributed by atoms with van der Waals surface area (Å²) in [6, 6.07) is 5.72. The van der Waals surface area contributed by atoms with Crippen molar-refractivity contribution in [3.05, 3.63) is 60.6 Å². The second-order valence-corrected chi connectivity index (χ2v) is 6.35. The average Bonchev–Trinajstić information content (AvgIpc) is 3.33. The minimum Gasteiger partial charge on any atom is -0.338 e. The van der Waals surface area contributed by atoms with Gasteiger partial charge in [0.1, 0.15) is 12.1 Å². The van der Waals surface area contributed by atoms with E-state index in [0.29, 0.717) is 11.5 Å². The minimum atomic E-state index is 0.0385. The SMILES string of the molecule is Cn1nccc1C1CCCN(C(=O)c2ccc(-n3ccnc3)nc2)C1. The predicted molar refractivity (Wildman–Crippen MR) is 92.4 cm³/mol. The molecule has 0 aliphatic carbocycles. The number of imidazole rings is 1. The van der Waals surface area contributed by atoms with Crippen LogP contribution in [0.4, 0.5) is 0 Å². The van der Waals surface area contributed by atoms with E-state index in [0.717, 1.165) is 31.7 Å². The number of aromatic nitrogens is 5. The number of carbonyl (C=O) groups is 1. The van der Waals surface area contributed by atoms with Crippen LogP contribution < -0.4 is 0 Å².